The van der Waals surface area contributed by atoms with E-state index in [9.17, 15) is 0 Å². The molecule has 0 fully saturated rings. The van der Waals surface area contributed by atoms with Crippen molar-refractivity contribution < 1.29 is 0 Å². The van der Waals surface area contributed by atoms with E-state index in [1.807, 2.05) is 0 Å². The molecule has 2 unspecified atom stereocenters. The van der Waals surface area contributed by atoms with Gasteiger partial charge in [0.05, 0.1) is 9.52 Å². The van der Waals surface area contributed by atoms with Crippen LogP contribution in [0.3, 0.4) is 0 Å². The summed E-state index contributed by atoms with van der Waals surface area (Å²) < 4.78 is 0. The maximum atomic E-state index is 2.45. The summed E-state index contributed by atoms with van der Waals surface area (Å²) in [5.41, 5.74) is 13.9. The van der Waals surface area contributed by atoms with E-state index in [0.29, 0.717) is 11.5 Å². The molecule has 0 nitrogen and oxygen atoms in total. The maximum Gasteiger partial charge on any atom is 0.0899 e. The Balaban J connectivity index is 1.69. The zero-order chi connectivity index (χ0) is 21.8. The fraction of sp³-hybridized carbons (Fsp3) is 0.379. The van der Waals surface area contributed by atoms with Gasteiger partial charge in [0.25, 0.3) is 0 Å². The quantitative estimate of drug-likeness (QED) is 0.449. The first kappa shape index (κ1) is 21.1. The summed E-state index contributed by atoms with van der Waals surface area (Å²) >= 11 is 0. The molecule has 0 aliphatic heterocycles. The SMILES string of the molecule is CC1=Cc2c(-c3ccc(C(C)(C)C)cc3)cccc2C1[Si]C1=C(C)C(C)=C(C)C1C. The summed E-state index contributed by atoms with van der Waals surface area (Å²) in [6.07, 6.45) is 2.45. The maximum absolute atomic E-state index is 2.45. The number of hydrogen-bond donors (Lipinski definition) is 0. The van der Waals surface area contributed by atoms with E-state index in [2.05, 4.69) is 104 Å². The van der Waals surface area contributed by atoms with Gasteiger partial charge in [0, 0.05) is 5.54 Å². The van der Waals surface area contributed by atoms with E-state index in [1.165, 1.54) is 44.5 Å². The van der Waals surface area contributed by atoms with E-state index >= 15 is 0 Å². The molecule has 0 saturated carbocycles. The van der Waals surface area contributed by atoms with E-state index in [4.69, 9.17) is 0 Å². The summed E-state index contributed by atoms with van der Waals surface area (Å²) in [5.74, 6) is 0.591. The first-order valence-electron chi connectivity index (χ1n) is 11.2. The van der Waals surface area contributed by atoms with E-state index in [-0.39, 0.29) is 5.41 Å². The van der Waals surface area contributed by atoms with Gasteiger partial charge in [-0.2, -0.15) is 0 Å². The van der Waals surface area contributed by atoms with Crippen molar-refractivity contribution in [2.24, 2.45) is 5.92 Å². The monoisotopic (exact) mass is 410 g/mol. The molecule has 2 radical (unpaired) electrons. The molecule has 1 heteroatoms. The van der Waals surface area contributed by atoms with Crippen LogP contribution in [0.2, 0.25) is 0 Å². The van der Waals surface area contributed by atoms with Crippen molar-refractivity contribution in [1.29, 1.82) is 0 Å². The van der Waals surface area contributed by atoms with Gasteiger partial charge in [0.2, 0.25) is 0 Å². The van der Waals surface area contributed by atoms with Gasteiger partial charge in [-0.05, 0) is 72.4 Å². The number of allylic oxidation sites excluding steroid dienone is 5. The molecule has 2 atom stereocenters. The molecule has 2 aromatic carbocycles. The molecule has 0 bridgehead atoms. The van der Waals surface area contributed by atoms with Crippen molar-refractivity contribution in [3.8, 4) is 11.1 Å². The van der Waals surface area contributed by atoms with Crippen LogP contribution >= 0.6 is 0 Å². The van der Waals surface area contributed by atoms with Gasteiger partial charge in [-0.1, -0.05) is 98.2 Å². The molecule has 0 heterocycles. The molecule has 0 N–H and O–H groups in total. The third-order valence-electron chi connectivity index (χ3n) is 7.28. The second-order valence-corrected chi connectivity index (χ2v) is 11.6. The Hall–Kier alpha value is -2.12. The van der Waals surface area contributed by atoms with Crippen molar-refractivity contribution in [3.05, 3.63) is 86.6 Å². The molecule has 2 aromatic rings. The van der Waals surface area contributed by atoms with Crippen molar-refractivity contribution in [3.63, 3.8) is 0 Å². The fourth-order valence-electron chi connectivity index (χ4n) is 4.90. The molecule has 0 amide bonds. The van der Waals surface area contributed by atoms with Gasteiger partial charge >= 0.3 is 0 Å². The molecule has 2 aliphatic carbocycles. The molecule has 2 aliphatic rings. The highest BCUT2D eigenvalue weighted by Crippen LogP contribution is 2.44. The van der Waals surface area contributed by atoms with Gasteiger partial charge in [-0.3, -0.25) is 0 Å². The topological polar surface area (TPSA) is 0 Å². The lowest BCUT2D eigenvalue weighted by molar-refractivity contribution is 0.590. The van der Waals surface area contributed by atoms with Gasteiger partial charge in [0.15, 0.2) is 0 Å². The van der Waals surface area contributed by atoms with Crippen molar-refractivity contribution in [2.45, 2.75) is 66.3 Å². The molecule has 0 aromatic heterocycles. The molecule has 0 spiro atoms. The van der Waals surface area contributed by atoms with E-state index in [1.54, 1.807) is 10.8 Å². The molecule has 0 saturated heterocycles. The largest absolute Gasteiger partial charge is 0.0899 e. The Labute approximate surface area is 185 Å². The fourth-order valence-corrected chi connectivity index (χ4v) is 6.80. The third kappa shape index (κ3) is 3.48. The van der Waals surface area contributed by atoms with Crippen LogP contribution in [-0.4, -0.2) is 9.52 Å². The van der Waals surface area contributed by atoms with Crippen LogP contribution in [0.4, 0.5) is 0 Å². The molecular formula is C29H34Si. The zero-order valence-corrected chi connectivity index (χ0v) is 20.8. The minimum Gasteiger partial charge on any atom is -0.0744 e. The predicted molar refractivity (Wildman–Crippen MR) is 133 cm³/mol. The van der Waals surface area contributed by atoms with Crippen LogP contribution in [0.1, 0.15) is 77.6 Å². The Morgan fingerprint density at radius 2 is 1.50 bits per heavy atom. The normalized spacial score (nSPS) is 21.4. The lowest BCUT2D eigenvalue weighted by Crippen LogP contribution is -2.15. The lowest BCUT2D eigenvalue weighted by atomic mass is 9.86. The van der Waals surface area contributed by atoms with Gasteiger partial charge in [-0.25, -0.2) is 0 Å². The first-order valence-corrected chi connectivity index (χ1v) is 12.2. The second-order valence-electron chi connectivity index (χ2n) is 10.2. The second kappa shape index (κ2) is 7.53. The zero-order valence-electron chi connectivity index (χ0n) is 19.8. The smallest absolute Gasteiger partial charge is 0.0744 e. The first-order chi connectivity index (χ1) is 14.1. The Kier molecular flexibility index (Phi) is 5.30. The van der Waals surface area contributed by atoms with Crippen LogP contribution in [-0.2, 0) is 5.41 Å². The van der Waals surface area contributed by atoms with E-state index < -0.39 is 0 Å². The van der Waals surface area contributed by atoms with Crippen LogP contribution in [0.25, 0.3) is 17.2 Å². The minimum absolute atomic E-state index is 0.188. The summed E-state index contributed by atoms with van der Waals surface area (Å²) in [6.45, 7) is 18.5. The Morgan fingerprint density at radius 3 is 2.07 bits per heavy atom. The number of fused-ring (bicyclic) bond motifs is 1. The molecular weight excluding hydrogens is 376 g/mol. The standard InChI is InChI=1S/C29H34Si/c1-17-16-26-24(22-12-14-23(15-13-22)29(6,7)8)10-9-11-25(26)27(17)30-28-20(4)18(2)19(3)21(28)5/h9-16,20,27H,1-8H3. The van der Waals surface area contributed by atoms with Crippen molar-refractivity contribution >= 4 is 15.6 Å². The van der Waals surface area contributed by atoms with E-state index in [0.717, 1.165) is 9.52 Å². The van der Waals surface area contributed by atoms with Crippen LogP contribution in [0, 0.1) is 5.92 Å². The lowest BCUT2D eigenvalue weighted by Gasteiger charge is -2.20. The number of benzene rings is 2. The van der Waals surface area contributed by atoms with Gasteiger partial charge in [0.1, 0.15) is 0 Å². The average Bonchev–Trinajstić information content (AvgIpc) is 3.12. The summed E-state index contributed by atoms with van der Waals surface area (Å²) in [7, 11) is 0.833. The Morgan fingerprint density at radius 1 is 0.833 bits per heavy atom. The predicted octanol–water partition coefficient (Wildman–Crippen LogP) is 8.07. The summed E-state index contributed by atoms with van der Waals surface area (Å²) in [5, 5.41) is 1.66. The molecule has 154 valence electrons. The number of hydrogen-bond acceptors (Lipinski definition) is 0. The Bertz CT molecular complexity index is 1080. The van der Waals surface area contributed by atoms with Crippen LogP contribution in [0.15, 0.2) is 70.0 Å². The minimum atomic E-state index is 0.188. The molecule has 30 heavy (non-hydrogen) atoms. The van der Waals surface area contributed by atoms with Gasteiger partial charge < -0.3 is 0 Å². The van der Waals surface area contributed by atoms with Crippen molar-refractivity contribution in [2.75, 3.05) is 0 Å². The van der Waals surface area contributed by atoms with Crippen LogP contribution < -0.4 is 0 Å². The third-order valence-corrected chi connectivity index (χ3v) is 9.45. The highest BCUT2D eigenvalue weighted by molar-refractivity contribution is 6.49. The highest BCUT2D eigenvalue weighted by Gasteiger charge is 2.31. The highest BCUT2D eigenvalue weighted by atomic mass is 28.2. The average molecular weight is 411 g/mol. The summed E-state index contributed by atoms with van der Waals surface area (Å²) in [4.78, 5) is 0. The van der Waals surface area contributed by atoms with Crippen molar-refractivity contribution in [1.82, 2.24) is 0 Å². The number of rotatable bonds is 3. The molecule has 4 rings (SSSR count). The van der Waals surface area contributed by atoms with Crippen LogP contribution in [0.5, 0.6) is 0 Å². The summed E-state index contributed by atoms with van der Waals surface area (Å²) in [6, 6.07) is 16.1. The van der Waals surface area contributed by atoms with Gasteiger partial charge in [-0.15, -0.1) is 0 Å².